The molecule has 0 saturated carbocycles. The average molecular weight is 359 g/mol. The summed E-state index contributed by atoms with van der Waals surface area (Å²) in [4.78, 5) is 18.9. The van der Waals surface area contributed by atoms with Gasteiger partial charge in [-0.25, -0.2) is 0 Å². The third-order valence-electron chi connectivity index (χ3n) is 4.69. The lowest BCUT2D eigenvalue weighted by atomic mass is 10.1. The van der Waals surface area contributed by atoms with E-state index in [2.05, 4.69) is 27.5 Å². The molecule has 0 spiro atoms. The van der Waals surface area contributed by atoms with Crippen molar-refractivity contribution >= 4 is 16.8 Å². The van der Waals surface area contributed by atoms with Crippen molar-refractivity contribution in [1.82, 2.24) is 14.5 Å². The van der Waals surface area contributed by atoms with E-state index in [0.717, 1.165) is 28.6 Å². The molecule has 3 heterocycles. The SMILES string of the molecule is O=C(c1cn(CCC#Cc2cccnc2)c2ccccc12)N1CCOCC1. The van der Waals surface area contributed by atoms with Gasteiger partial charge in [0.15, 0.2) is 0 Å². The van der Waals surface area contributed by atoms with Crippen molar-refractivity contribution in [3.05, 3.63) is 66.1 Å². The van der Waals surface area contributed by atoms with Crippen LogP contribution in [0.25, 0.3) is 10.9 Å². The van der Waals surface area contributed by atoms with Crippen molar-refractivity contribution in [1.29, 1.82) is 0 Å². The van der Waals surface area contributed by atoms with Gasteiger partial charge in [-0.3, -0.25) is 9.78 Å². The molecule has 0 bridgehead atoms. The van der Waals surface area contributed by atoms with Crippen molar-refractivity contribution in [3.63, 3.8) is 0 Å². The van der Waals surface area contributed by atoms with Gasteiger partial charge in [-0.15, -0.1) is 0 Å². The maximum absolute atomic E-state index is 13.0. The maximum atomic E-state index is 13.0. The van der Waals surface area contributed by atoms with Gasteiger partial charge < -0.3 is 14.2 Å². The molecule has 1 amide bonds. The minimum Gasteiger partial charge on any atom is -0.378 e. The second-order valence-corrected chi connectivity index (χ2v) is 6.45. The number of carbonyl (C=O) groups excluding carboxylic acids is 1. The maximum Gasteiger partial charge on any atom is 0.256 e. The Morgan fingerprint density at radius 2 is 2.00 bits per heavy atom. The highest BCUT2D eigenvalue weighted by molar-refractivity contribution is 6.07. The first-order valence-corrected chi connectivity index (χ1v) is 9.17. The molecule has 0 radical (unpaired) electrons. The van der Waals surface area contributed by atoms with Crippen molar-refractivity contribution in [2.75, 3.05) is 26.3 Å². The second-order valence-electron chi connectivity index (χ2n) is 6.45. The molecule has 2 aromatic heterocycles. The second kappa shape index (κ2) is 8.07. The van der Waals surface area contributed by atoms with Gasteiger partial charge in [-0.1, -0.05) is 30.0 Å². The summed E-state index contributed by atoms with van der Waals surface area (Å²) in [6, 6.07) is 11.9. The molecule has 0 unspecified atom stereocenters. The summed E-state index contributed by atoms with van der Waals surface area (Å²) >= 11 is 0. The summed E-state index contributed by atoms with van der Waals surface area (Å²) in [5, 5.41) is 0.995. The highest BCUT2D eigenvalue weighted by Crippen LogP contribution is 2.23. The summed E-state index contributed by atoms with van der Waals surface area (Å²) in [7, 11) is 0. The third-order valence-corrected chi connectivity index (χ3v) is 4.69. The third kappa shape index (κ3) is 3.86. The van der Waals surface area contributed by atoms with Crippen LogP contribution in [0.2, 0.25) is 0 Å². The number of carbonyl (C=O) groups is 1. The Morgan fingerprint density at radius 1 is 1.15 bits per heavy atom. The fourth-order valence-corrected chi connectivity index (χ4v) is 3.32. The van der Waals surface area contributed by atoms with Crippen molar-refractivity contribution < 1.29 is 9.53 Å². The molecule has 0 N–H and O–H groups in total. The topological polar surface area (TPSA) is 47.4 Å². The molecule has 27 heavy (non-hydrogen) atoms. The number of morpholine rings is 1. The van der Waals surface area contributed by atoms with Crippen LogP contribution in [-0.2, 0) is 11.3 Å². The lowest BCUT2D eigenvalue weighted by molar-refractivity contribution is 0.0304. The summed E-state index contributed by atoms with van der Waals surface area (Å²) in [5.74, 6) is 6.40. The van der Waals surface area contributed by atoms with Gasteiger partial charge in [0.2, 0.25) is 0 Å². The molecule has 1 saturated heterocycles. The van der Waals surface area contributed by atoms with Gasteiger partial charge in [0.1, 0.15) is 0 Å². The summed E-state index contributed by atoms with van der Waals surface area (Å²) in [6.07, 6.45) is 6.17. The number of para-hydroxylation sites is 1. The molecule has 136 valence electrons. The summed E-state index contributed by atoms with van der Waals surface area (Å²) in [5.41, 5.74) is 2.74. The number of rotatable bonds is 3. The number of ether oxygens (including phenoxy) is 1. The summed E-state index contributed by atoms with van der Waals surface area (Å²) < 4.78 is 7.49. The largest absolute Gasteiger partial charge is 0.378 e. The number of hydrogen-bond donors (Lipinski definition) is 0. The minimum atomic E-state index is 0.0784. The van der Waals surface area contributed by atoms with Crippen LogP contribution in [0, 0.1) is 11.8 Å². The number of aromatic nitrogens is 2. The molecule has 1 aliphatic heterocycles. The number of amides is 1. The van der Waals surface area contributed by atoms with Crippen LogP contribution in [0.4, 0.5) is 0 Å². The first kappa shape index (κ1) is 17.3. The Bertz CT molecular complexity index is 993. The molecule has 5 heteroatoms. The lowest BCUT2D eigenvalue weighted by Gasteiger charge is -2.26. The molecule has 1 fully saturated rings. The van der Waals surface area contributed by atoms with E-state index in [-0.39, 0.29) is 5.91 Å². The van der Waals surface area contributed by atoms with E-state index in [4.69, 9.17) is 4.74 Å². The van der Waals surface area contributed by atoms with Crippen LogP contribution in [0.5, 0.6) is 0 Å². The van der Waals surface area contributed by atoms with Gasteiger partial charge in [0.05, 0.1) is 18.8 Å². The van der Waals surface area contributed by atoms with Gasteiger partial charge >= 0.3 is 0 Å². The van der Waals surface area contributed by atoms with Crippen LogP contribution >= 0.6 is 0 Å². The number of benzene rings is 1. The van der Waals surface area contributed by atoms with Crippen LogP contribution in [0.3, 0.4) is 0 Å². The van der Waals surface area contributed by atoms with Gasteiger partial charge in [0, 0.05) is 61.1 Å². The summed E-state index contributed by atoms with van der Waals surface area (Å²) in [6.45, 7) is 3.25. The van der Waals surface area contributed by atoms with Crippen molar-refractivity contribution in [2.24, 2.45) is 0 Å². The highest BCUT2D eigenvalue weighted by atomic mass is 16.5. The highest BCUT2D eigenvalue weighted by Gasteiger charge is 2.22. The van der Waals surface area contributed by atoms with E-state index in [0.29, 0.717) is 32.7 Å². The Hall–Kier alpha value is -3.10. The zero-order valence-electron chi connectivity index (χ0n) is 15.1. The Balaban J connectivity index is 1.55. The fourth-order valence-electron chi connectivity index (χ4n) is 3.32. The van der Waals surface area contributed by atoms with Crippen LogP contribution in [0.1, 0.15) is 22.3 Å². The predicted molar refractivity (Wildman–Crippen MR) is 104 cm³/mol. The normalized spacial score (nSPS) is 14.0. The molecule has 1 aliphatic rings. The molecule has 4 rings (SSSR count). The zero-order chi connectivity index (χ0) is 18.5. The van der Waals surface area contributed by atoms with E-state index < -0.39 is 0 Å². The molecule has 0 atom stereocenters. The van der Waals surface area contributed by atoms with Crippen LogP contribution in [-0.4, -0.2) is 46.7 Å². The van der Waals surface area contributed by atoms with Crippen LogP contribution < -0.4 is 0 Å². The number of pyridine rings is 1. The number of hydrogen-bond acceptors (Lipinski definition) is 3. The molecular weight excluding hydrogens is 338 g/mol. The average Bonchev–Trinajstić information content (AvgIpc) is 3.11. The molecule has 1 aromatic carbocycles. The van der Waals surface area contributed by atoms with Gasteiger partial charge in [0.25, 0.3) is 5.91 Å². The lowest BCUT2D eigenvalue weighted by Crippen LogP contribution is -2.40. The monoisotopic (exact) mass is 359 g/mol. The van der Waals surface area contributed by atoms with E-state index in [1.807, 2.05) is 41.4 Å². The molecule has 5 nitrogen and oxygen atoms in total. The fraction of sp³-hybridized carbons (Fsp3) is 0.273. The van der Waals surface area contributed by atoms with E-state index in [1.165, 1.54) is 0 Å². The zero-order valence-corrected chi connectivity index (χ0v) is 15.1. The molecule has 3 aromatic rings. The molecule has 0 aliphatic carbocycles. The standard InChI is InChI=1S/C22H21N3O2/c26-22(24-12-14-27-15-13-24)20-17-25(21-9-2-1-8-19(20)21)11-4-3-6-18-7-5-10-23-16-18/h1-2,5,7-10,16-17H,4,11-15H2. The quantitative estimate of drug-likeness (QED) is 0.676. The van der Waals surface area contributed by atoms with Gasteiger partial charge in [-0.05, 0) is 18.2 Å². The smallest absolute Gasteiger partial charge is 0.256 e. The Morgan fingerprint density at radius 3 is 2.81 bits per heavy atom. The number of fused-ring (bicyclic) bond motifs is 1. The van der Waals surface area contributed by atoms with Gasteiger partial charge in [-0.2, -0.15) is 0 Å². The Kier molecular flexibility index (Phi) is 5.17. The van der Waals surface area contributed by atoms with E-state index >= 15 is 0 Å². The first-order chi connectivity index (χ1) is 13.3. The number of nitrogens with zero attached hydrogens (tertiary/aromatic N) is 3. The van der Waals surface area contributed by atoms with Crippen LogP contribution in [0.15, 0.2) is 55.0 Å². The van der Waals surface area contributed by atoms with E-state index in [9.17, 15) is 4.79 Å². The van der Waals surface area contributed by atoms with Crippen molar-refractivity contribution in [3.8, 4) is 11.8 Å². The van der Waals surface area contributed by atoms with E-state index in [1.54, 1.807) is 12.4 Å². The minimum absolute atomic E-state index is 0.0784. The Labute approximate surface area is 158 Å². The first-order valence-electron chi connectivity index (χ1n) is 9.17. The van der Waals surface area contributed by atoms with Crippen molar-refractivity contribution in [2.45, 2.75) is 13.0 Å². The predicted octanol–water partition coefficient (Wildman–Crippen LogP) is 2.95. The molecular formula is C22H21N3O2. The number of aryl methyl sites for hydroxylation is 1.